The predicted octanol–water partition coefficient (Wildman–Crippen LogP) is 9.13. The average molecular weight is 518 g/mol. The fourth-order valence-corrected chi connectivity index (χ4v) is 13.5. The molecule has 1 heterocycles. The van der Waals surface area contributed by atoms with Crippen LogP contribution >= 0.6 is 16.1 Å². The van der Waals surface area contributed by atoms with Crippen LogP contribution in [0.2, 0.25) is 0 Å². The topological polar surface area (TPSA) is 62.7 Å². The van der Waals surface area contributed by atoms with E-state index in [4.69, 9.17) is 15.0 Å². The molecule has 4 aliphatic rings. The van der Waals surface area contributed by atoms with E-state index in [-0.39, 0.29) is 16.1 Å². The second kappa shape index (κ2) is 13.3. The highest BCUT2D eigenvalue weighted by atomic mass is 31.1. The number of anilines is 2. The number of nitrogens with one attached hydrogen (secondary N) is 2. The summed E-state index contributed by atoms with van der Waals surface area (Å²) in [6.07, 6.45) is 28.2. The SMILES string of the molecule is Cc1nc(NP(C2CCCCC2)C2CCCCC2)nc(NP(C2CCCCC2)C2CCCCC2)n1. The van der Waals surface area contributed by atoms with Gasteiger partial charge in [0, 0.05) is 0 Å². The van der Waals surface area contributed by atoms with Crippen molar-refractivity contribution in [3.8, 4) is 0 Å². The van der Waals surface area contributed by atoms with Gasteiger partial charge in [0.1, 0.15) is 5.82 Å². The molecule has 5 rings (SSSR count). The highest BCUT2D eigenvalue weighted by molar-refractivity contribution is 7.61. The molecule has 0 amide bonds. The molecular formula is C28H49N5P2. The lowest BCUT2D eigenvalue weighted by atomic mass is 10.00. The zero-order valence-electron chi connectivity index (χ0n) is 22.2. The van der Waals surface area contributed by atoms with Crippen LogP contribution in [-0.2, 0) is 0 Å². The zero-order valence-corrected chi connectivity index (χ0v) is 24.0. The van der Waals surface area contributed by atoms with Crippen LogP contribution in [0.4, 0.5) is 11.9 Å². The molecule has 4 fully saturated rings. The van der Waals surface area contributed by atoms with Gasteiger partial charge in [0.05, 0.1) is 0 Å². The molecule has 0 atom stereocenters. The summed E-state index contributed by atoms with van der Waals surface area (Å²) in [5, 5.41) is 8.00. The van der Waals surface area contributed by atoms with Crippen molar-refractivity contribution in [2.45, 2.75) is 158 Å². The number of hydrogen-bond acceptors (Lipinski definition) is 5. The number of rotatable bonds is 8. The van der Waals surface area contributed by atoms with Gasteiger partial charge < -0.3 is 10.2 Å². The summed E-state index contributed by atoms with van der Waals surface area (Å²) in [6, 6.07) is 0. The van der Waals surface area contributed by atoms with Crippen molar-refractivity contribution in [1.29, 1.82) is 0 Å². The first-order valence-corrected chi connectivity index (χ1v) is 18.0. The van der Waals surface area contributed by atoms with E-state index in [1.807, 2.05) is 0 Å². The van der Waals surface area contributed by atoms with Gasteiger partial charge in [-0.1, -0.05) is 77.0 Å². The first kappa shape index (κ1) is 26.1. The van der Waals surface area contributed by atoms with Gasteiger partial charge in [-0.3, -0.25) is 0 Å². The van der Waals surface area contributed by atoms with Gasteiger partial charge >= 0.3 is 0 Å². The first-order chi connectivity index (χ1) is 17.3. The van der Waals surface area contributed by atoms with Crippen molar-refractivity contribution in [2.75, 3.05) is 10.2 Å². The van der Waals surface area contributed by atoms with E-state index < -0.39 is 0 Å². The molecule has 0 aliphatic heterocycles. The number of nitrogens with zero attached hydrogens (tertiary/aromatic N) is 3. The lowest BCUT2D eigenvalue weighted by Crippen LogP contribution is -2.25. The van der Waals surface area contributed by atoms with Gasteiger partial charge in [0.2, 0.25) is 11.9 Å². The normalized spacial score (nSPS) is 24.2. The molecule has 196 valence electrons. The minimum Gasteiger partial charge on any atom is -0.333 e. The molecule has 0 unspecified atom stereocenters. The predicted molar refractivity (Wildman–Crippen MR) is 153 cm³/mol. The molecule has 0 radical (unpaired) electrons. The molecular weight excluding hydrogens is 468 g/mol. The fraction of sp³-hybridized carbons (Fsp3) is 0.893. The lowest BCUT2D eigenvalue weighted by molar-refractivity contribution is 0.485. The van der Waals surface area contributed by atoms with Crippen LogP contribution in [0, 0.1) is 6.92 Å². The van der Waals surface area contributed by atoms with Crippen LogP contribution in [0.25, 0.3) is 0 Å². The summed E-state index contributed by atoms with van der Waals surface area (Å²) in [5.74, 6) is 2.60. The summed E-state index contributed by atoms with van der Waals surface area (Å²) in [6.45, 7) is 2.06. The monoisotopic (exact) mass is 517 g/mol. The van der Waals surface area contributed by atoms with E-state index in [0.29, 0.717) is 0 Å². The molecule has 7 heteroatoms. The maximum atomic E-state index is 5.08. The molecule has 0 saturated heterocycles. The van der Waals surface area contributed by atoms with E-state index in [0.717, 1.165) is 40.4 Å². The van der Waals surface area contributed by atoms with Crippen molar-refractivity contribution in [2.24, 2.45) is 0 Å². The van der Waals surface area contributed by atoms with Crippen molar-refractivity contribution < 1.29 is 0 Å². The van der Waals surface area contributed by atoms with Gasteiger partial charge in [-0.15, -0.1) is 0 Å². The highest BCUT2D eigenvalue weighted by Gasteiger charge is 2.34. The molecule has 0 spiro atoms. The second-order valence-electron chi connectivity index (χ2n) is 11.7. The fourth-order valence-electron chi connectivity index (χ4n) is 7.21. The first-order valence-electron chi connectivity index (χ1n) is 15.1. The van der Waals surface area contributed by atoms with Gasteiger partial charge in [-0.25, -0.2) is 0 Å². The third-order valence-corrected chi connectivity index (χ3v) is 15.2. The summed E-state index contributed by atoms with van der Waals surface area (Å²) in [4.78, 5) is 14.8. The lowest BCUT2D eigenvalue weighted by Gasteiger charge is -2.39. The Bertz CT molecular complexity index is 672. The summed E-state index contributed by atoms with van der Waals surface area (Å²) >= 11 is 0. The van der Waals surface area contributed by atoms with E-state index in [1.54, 1.807) is 0 Å². The maximum absolute atomic E-state index is 5.08. The molecule has 0 bridgehead atoms. The third kappa shape index (κ3) is 7.28. The van der Waals surface area contributed by atoms with Gasteiger partial charge in [-0.05, 0) is 97.1 Å². The molecule has 0 aromatic carbocycles. The van der Waals surface area contributed by atoms with Crippen LogP contribution in [0.3, 0.4) is 0 Å². The van der Waals surface area contributed by atoms with Crippen LogP contribution in [0.15, 0.2) is 0 Å². The molecule has 4 aliphatic carbocycles. The Morgan fingerprint density at radius 3 is 1.03 bits per heavy atom. The van der Waals surface area contributed by atoms with Crippen LogP contribution in [0.5, 0.6) is 0 Å². The Morgan fingerprint density at radius 2 is 0.743 bits per heavy atom. The number of aryl methyl sites for hydroxylation is 1. The number of hydrogen-bond donors (Lipinski definition) is 2. The van der Waals surface area contributed by atoms with Crippen molar-refractivity contribution in [3.63, 3.8) is 0 Å². The van der Waals surface area contributed by atoms with Crippen LogP contribution in [-0.4, -0.2) is 37.6 Å². The summed E-state index contributed by atoms with van der Waals surface area (Å²) in [7, 11) is -0.536. The Kier molecular flexibility index (Phi) is 9.93. The zero-order chi connectivity index (χ0) is 23.9. The Hall–Kier alpha value is -0.530. The molecule has 4 saturated carbocycles. The minimum atomic E-state index is -0.268. The van der Waals surface area contributed by atoms with Crippen LogP contribution < -0.4 is 10.2 Å². The largest absolute Gasteiger partial charge is 0.333 e. The molecule has 5 nitrogen and oxygen atoms in total. The highest BCUT2D eigenvalue weighted by Crippen LogP contribution is 2.56. The van der Waals surface area contributed by atoms with Gasteiger partial charge in [0.25, 0.3) is 0 Å². The van der Waals surface area contributed by atoms with E-state index in [1.165, 1.54) is 128 Å². The van der Waals surface area contributed by atoms with Crippen molar-refractivity contribution in [3.05, 3.63) is 5.82 Å². The second-order valence-corrected chi connectivity index (χ2v) is 16.7. The van der Waals surface area contributed by atoms with Gasteiger partial charge in [-0.2, -0.15) is 15.0 Å². The molecule has 1 aromatic heterocycles. The summed E-state index contributed by atoms with van der Waals surface area (Å²) < 4.78 is 0. The van der Waals surface area contributed by atoms with Crippen molar-refractivity contribution in [1.82, 2.24) is 15.0 Å². The maximum Gasteiger partial charge on any atom is 0.231 e. The molecule has 2 N–H and O–H groups in total. The quantitative estimate of drug-likeness (QED) is 0.337. The molecule has 1 aromatic rings. The smallest absolute Gasteiger partial charge is 0.231 e. The van der Waals surface area contributed by atoms with E-state index in [2.05, 4.69) is 17.1 Å². The minimum absolute atomic E-state index is 0.268. The van der Waals surface area contributed by atoms with Crippen molar-refractivity contribution >= 4 is 28.0 Å². The van der Waals surface area contributed by atoms with Crippen LogP contribution in [0.1, 0.15) is 134 Å². The summed E-state index contributed by atoms with van der Waals surface area (Å²) in [5.41, 5.74) is 3.38. The molecule has 35 heavy (non-hydrogen) atoms. The van der Waals surface area contributed by atoms with Gasteiger partial charge in [0.15, 0.2) is 0 Å². The average Bonchev–Trinajstić information content (AvgIpc) is 2.92. The standard InChI is InChI=1S/C28H49N5P2/c1-22-29-27(32-34(23-14-6-2-7-15-23)24-16-8-3-9-17-24)31-28(30-22)33-35(25-18-10-4-11-19-25)26-20-12-5-13-21-26/h23-26H,2-21H2,1H3,(H2,29,30,31,32,33). The van der Waals surface area contributed by atoms with E-state index in [9.17, 15) is 0 Å². The van der Waals surface area contributed by atoms with E-state index >= 15 is 0 Å². The Morgan fingerprint density at radius 1 is 0.457 bits per heavy atom. The Labute approximate surface area is 216 Å². The number of aromatic nitrogens is 3. The Balaban J connectivity index is 1.34. The third-order valence-electron chi connectivity index (χ3n) is 9.08.